The summed E-state index contributed by atoms with van der Waals surface area (Å²) in [7, 11) is 0. The monoisotopic (exact) mass is 341 g/mol. The Hall–Kier alpha value is -3.35. The Morgan fingerprint density at radius 3 is 2.40 bits per heavy atom. The second kappa shape index (κ2) is 6.64. The third-order valence-electron chi connectivity index (χ3n) is 3.84. The molecule has 1 aliphatic heterocycles. The lowest BCUT2D eigenvalue weighted by atomic mass is 9.94. The topological polar surface area (TPSA) is 90.5 Å². The van der Waals surface area contributed by atoms with E-state index < -0.39 is 23.8 Å². The zero-order chi connectivity index (χ0) is 18.0. The number of anilines is 1. The molecule has 1 aliphatic rings. The van der Waals surface area contributed by atoms with Gasteiger partial charge in [-0.3, -0.25) is 4.79 Å². The Morgan fingerprint density at radius 2 is 1.76 bits per heavy atom. The Labute approximate surface area is 143 Å². The lowest BCUT2D eigenvalue weighted by Crippen LogP contribution is -2.45. The molecule has 0 unspecified atom stereocenters. The molecule has 0 saturated heterocycles. The SMILES string of the molecule is CC1=C(C(=O)Nc2ccc(F)cc2)[C@@H](c2ccc(O)cc2)NC(=O)N1. The van der Waals surface area contributed by atoms with E-state index in [2.05, 4.69) is 16.0 Å². The van der Waals surface area contributed by atoms with Crippen molar-refractivity contribution < 1.29 is 19.1 Å². The smallest absolute Gasteiger partial charge is 0.319 e. The van der Waals surface area contributed by atoms with Crippen LogP contribution in [0, 0.1) is 5.82 Å². The third kappa shape index (κ3) is 3.60. The maximum atomic E-state index is 13.0. The number of hydrogen-bond acceptors (Lipinski definition) is 3. The fraction of sp³-hybridized carbons (Fsp3) is 0.111. The molecule has 0 spiro atoms. The summed E-state index contributed by atoms with van der Waals surface area (Å²) in [4.78, 5) is 24.5. The number of allylic oxidation sites excluding steroid dienone is 1. The van der Waals surface area contributed by atoms with Crippen molar-refractivity contribution in [3.05, 3.63) is 71.2 Å². The molecule has 3 amide bonds. The lowest BCUT2D eigenvalue weighted by molar-refractivity contribution is -0.113. The predicted molar refractivity (Wildman–Crippen MR) is 90.2 cm³/mol. The molecule has 128 valence electrons. The Balaban J connectivity index is 1.92. The van der Waals surface area contributed by atoms with E-state index in [9.17, 15) is 19.1 Å². The summed E-state index contributed by atoms with van der Waals surface area (Å²) in [6.45, 7) is 1.63. The minimum atomic E-state index is -0.671. The number of rotatable bonds is 3. The first-order valence-electron chi connectivity index (χ1n) is 7.58. The highest BCUT2D eigenvalue weighted by molar-refractivity contribution is 6.06. The number of hydrogen-bond donors (Lipinski definition) is 4. The van der Waals surface area contributed by atoms with Crippen LogP contribution in [0.5, 0.6) is 5.75 Å². The standard InChI is InChI=1S/C18H16FN3O3/c1-10-15(17(24)21-13-6-4-12(19)5-7-13)16(22-18(25)20-10)11-2-8-14(23)9-3-11/h2-9,16,23H,1H3,(H,21,24)(H2,20,22,25)/t16-/m1/s1. The summed E-state index contributed by atoms with van der Waals surface area (Å²) in [6, 6.07) is 10.5. The van der Waals surface area contributed by atoms with Crippen LogP contribution in [0.15, 0.2) is 59.8 Å². The van der Waals surface area contributed by atoms with E-state index in [-0.39, 0.29) is 5.75 Å². The minimum Gasteiger partial charge on any atom is -0.508 e. The highest BCUT2D eigenvalue weighted by Gasteiger charge is 2.31. The largest absolute Gasteiger partial charge is 0.508 e. The van der Waals surface area contributed by atoms with Crippen LogP contribution in [-0.4, -0.2) is 17.0 Å². The van der Waals surface area contributed by atoms with Gasteiger partial charge < -0.3 is 21.1 Å². The minimum absolute atomic E-state index is 0.0852. The van der Waals surface area contributed by atoms with Gasteiger partial charge in [-0.1, -0.05) is 12.1 Å². The molecular formula is C18H16FN3O3. The number of phenolic OH excluding ortho intramolecular Hbond substituents is 1. The molecule has 2 aromatic rings. The van der Waals surface area contributed by atoms with Crippen molar-refractivity contribution in [2.24, 2.45) is 0 Å². The molecule has 0 aromatic heterocycles. The van der Waals surface area contributed by atoms with E-state index in [4.69, 9.17) is 0 Å². The van der Waals surface area contributed by atoms with Gasteiger partial charge in [-0.25, -0.2) is 9.18 Å². The van der Waals surface area contributed by atoms with Crippen molar-refractivity contribution in [1.29, 1.82) is 0 Å². The Morgan fingerprint density at radius 1 is 1.12 bits per heavy atom. The van der Waals surface area contributed by atoms with Crippen LogP contribution in [0.25, 0.3) is 0 Å². The molecule has 2 aromatic carbocycles. The van der Waals surface area contributed by atoms with E-state index in [0.29, 0.717) is 22.5 Å². The van der Waals surface area contributed by atoms with Crippen molar-refractivity contribution in [3.8, 4) is 5.75 Å². The van der Waals surface area contributed by atoms with Gasteiger partial charge in [0.25, 0.3) is 5.91 Å². The second-order valence-corrected chi connectivity index (χ2v) is 5.62. The summed E-state index contributed by atoms with van der Waals surface area (Å²) < 4.78 is 13.0. The predicted octanol–water partition coefficient (Wildman–Crippen LogP) is 2.80. The van der Waals surface area contributed by atoms with E-state index in [1.807, 2.05) is 0 Å². The van der Waals surface area contributed by atoms with Gasteiger partial charge in [0.2, 0.25) is 0 Å². The van der Waals surface area contributed by atoms with Crippen molar-refractivity contribution in [2.45, 2.75) is 13.0 Å². The highest BCUT2D eigenvalue weighted by Crippen LogP contribution is 2.28. The van der Waals surface area contributed by atoms with E-state index >= 15 is 0 Å². The molecule has 4 N–H and O–H groups in total. The highest BCUT2D eigenvalue weighted by atomic mass is 19.1. The van der Waals surface area contributed by atoms with Crippen LogP contribution >= 0.6 is 0 Å². The molecule has 1 heterocycles. The molecule has 0 saturated carbocycles. The zero-order valence-corrected chi connectivity index (χ0v) is 13.3. The summed E-state index contributed by atoms with van der Waals surface area (Å²) in [5.41, 5.74) is 1.83. The molecule has 0 fully saturated rings. The first-order valence-corrected chi connectivity index (χ1v) is 7.58. The lowest BCUT2D eigenvalue weighted by Gasteiger charge is -2.28. The third-order valence-corrected chi connectivity index (χ3v) is 3.84. The first-order chi connectivity index (χ1) is 11.9. The van der Waals surface area contributed by atoms with Gasteiger partial charge in [-0.15, -0.1) is 0 Å². The average molecular weight is 341 g/mol. The molecule has 25 heavy (non-hydrogen) atoms. The van der Waals surface area contributed by atoms with Crippen molar-refractivity contribution in [1.82, 2.24) is 10.6 Å². The van der Waals surface area contributed by atoms with E-state index in [1.54, 1.807) is 19.1 Å². The summed E-state index contributed by atoms with van der Waals surface area (Å²) in [6.07, 6.45) is 0. The summed E-state index contributed by atoms with van der Waals surface area (Å²) in [5.74, 6) is -0.737. The quantitative estimate of drug-likeness (QED) is 0.692. The van der Waals surface area contributed by atoms with Gasteiger partial charge in [0.1, 0.15) is 11.6 Å². The molecule has 0 radical (unpaired) electrons. The molecule has 3 rings (SSSR count). The van der Waals surface area contributed by atoms with Crippen LogP contribution < -0.4 is 16.0 Å². The number of nitrogens with one attached hydrogen (secondary N) is 3. The van der Waals surface area contributed by atoms with E-state index in [1.165, 1.54) is 36.4 Å². The average Bonchev–Trinajstić information content (AvgIpc) is 2.57. The van der Waals surface area contributed by atoms with Crippen molar-refractivity contribution >= 4 is 17.6 Å². The van der Waals surface area contributed by atoms with Crippen LogP contribution in [0.1, 0.15) is 18.5 Å². The number of carbonyl (C=O) groups excluding carboxylic acids is 2. The second-order valence-electron chi connectivity index (χ2n) is 5.62. The maximum Gasteiger partial charge on any atom is 0.319 e. The number of amides is 3. The number of benzene rings is 2. The van der Waals surface area contributed by atoms with Crippen molar-refractivity contribution in [3.63, 3.8) is 0 Å². The van der Waals surface area contributed by atoms with Gasteiger partial charge in [-0.05, 0) is 48.9 Å². The van der Waals surface area contributed by atoms with E-state index in [0.717, 1.165) is 0 Å². The van der Waals surface area contributed by atoms with Gasteiger partial charge in [0.15, 0.2) is 0 Å². The van der Waals surface area contributed by atoms with Crippen LogP contribution in [0.2, 0.25) is 0 Å². The van der Waals surface area contributed by atoms with Crippen LogP contribution in [0.3, 0.4) is 0 Å². The maximum absolute atomic E-state index is 13.0. The van der Waals surface area contributed by atoms with Gasteiger partial charge in [0.05, 0.1) is 11.6 Å². The summed E-state index contributed by atoms with van der Waals surface area (Å²) >= 11 is 0. The van der Waals surface area contributed by atoms with Crippen molar-refractivity contribution in [2.75, 3.05) is 5.32 Å². The molecule has 6 nitrogen and oxygen atoms in total. The number of carbonyl (C=O) groups is 2. The Bertz CT molecular complexity index is 845. The Kier molecular flexibility index (Phi) is 4.38. The fourth-order valence-electron chi connectivity index (χ4n) is 2.64. The van der Waals surface area contributed by atoms with Crippen LogP contribution in [0.4, 0.5) is 14.9 Å². The first kappa shape index (κ1) is 16.5. The molecular weight excluding hydrogens is 325 g/mol. The number of phenols is 1. The zero-order valence-electron chi connectivity index (χ0n) is 13.3. The number of urea groups is 1. The van der Waals surface area contributed by atoms with Gasteiger partial charge in [-0.2, -0.15) is 0 Å². The molecule has 0 bridgehead atoms. The molecule has 7 heteroatoms. The molecule has 0 aliphatic carbocycles. The normalized spacial score (nSPS) is 16.9. The van der Waals surface area contributed by atoms with Crippen LogP contribution in [-0.2, 0) is 4.79 Å². The fourth-order valence-corrected chi connectivity index (χ4v) is 2.64. The number of aromatic hydroxyl groups is 1. The van der Waals surface area contributed by atoms with Gasteiger partial charge >= 0.3 is 6.03 Å². The van der Waals surface area contributed by atoms with Gasteiger partial charge in [0, 0.05) is 11.4 Å². The number of halogens is 1. The molecule has 1 atom stereocenters. The summed E-state index contributed by atoms with van der Waals surface area (Å²) in [5, 5.41) is 17.4.